The van der Waals surface area contributed by atoms with Gasteiger partial charge >= 0.3 is 5.97 Å². The number of cyclic esters (lactones) is 1. The quantitative estimate of drug-likeness (QED) is 0.113. The van der Waals surface area contributed by atoms with Crippen molar-refractivity contribution in [1.82, 2.24) is 0 Å². The van der Waals surface area contributed by atoms with E-state index in [2.05, 4.69) is 36.9 Å². The SMILES string of the molecule is CCOc1cc(/C=C2\N=C(c3ccc([N+](=O)[O-])cc3Cl)OC2=O)cc(Br)c1OCc1cccc(Br)c1. The monoisotopic (exact) mass is 634 g/mol. The van der Waals surface area contributed by atoms with Gasteiger partial charge in [-0.2, -0.15) is 0 Å². The fourth-order valence-corrected chi connectivity index (χ4v) is 4.61. The van der Waals surface area contributed by atoms with Crippen LogP contribution in [0.25, 0.3) is 6.08 Å². The van der Waals surface area contributed by atoms with Gasteiger partial charge in [0, 0.05) is 16.6 Å². The lowest BCUT2D eigenvalue weighted by Crippen LogP contribution is -2.06. The van der Waals surface area contributed by atoms with E-state index in [1.165, 1.54) is 18.2 Å². The van der Waals surface area contributed by atoms with Gasteiger partial charge in [0.05, 0.1) is 26.6 Å². The van der Waals surface area contributed by atoms with Gasteiger partial charge < -0.3 is 14.2 Å². The molecule has 0 atom stereocenters. The lowest BCUT2D eigenvalue weighted by molar-refractivity contribution is -0.384. The second-order valence-electron chi connectivity index (χ2n) is 7.44. The van der Waals surface area contributed by atoms with Gasteiger partial charge in [0.15, 0.2) is 17.2 Å². The highest BCUT2D eigenvalue weighted by Gasteiger charge is 2.27. The first-order valence-electron chi connectivity index (χ1n) is 10.6. The highest BCUT2D eigenvalue weighted by atomic mass is 79.9. The molecule has 4 rings (SSSR count). The van der Waals surface area contributed by atoms with Gasteiger partial charge in [0.25, 0.3) is 5.69 Å². The number of carbonyl (C=O) groups excluding carboxylic acids is 1. The van der Waals surface area contributed by atoms with E-state index in [0.717, 1.165) is 10.0 Å². The Labute approximate surface area is 227 Å². The molecule has 0 fully saturated rings. The standard InChI is InChI=1S/C25H17Br2ClN2O6/c1-2-34-22-11-15(9-19(27)23(22)35-13-14-4-3-5-16(26)8-14)10-21-25(31)36-24(29-21)18-7-6-17(30(32)33)12-20(18)28/h3-12H,2,13H2,1H3/b21-10-. The number of rotatable bonds is 8. The predicted octanol–water partition coefficient (Wildman–Crippen LogP) is 7.10. The van der Waals surface area contributed by atoms with Crippen LogP contribution in [-0.4, -0.2) is 23.4 Å². The second-order valence-corrected chi connectivity index (χ2v) is 9.62. The minimum absolute atomic E-state index is 0.0378. The van der Waals surface area contributed by atoms with Crippen LogP contribution < -0.4 is 9.47 Å². The minimum Gasteiger partial charge on any atom is -0.490 e. The number of hydrogen-bond acceptors (Lipinski definition) is 7. The Hall–Kier alpha value is -3.21. The number of nitro benzene ring substituents is 1. The number of halogens is 3. The van der Waals surface area contributed by atoms with E-state index in [4.69, 9.17) is 25.8 Å². The Morgan fingerprint density at radius 1 is 1.14 bits per heavy atom. The molecule has 0 N–H and O–H groups in total. The average molecular weight is 637 g/mol. The molecule has 0 radical (unpaired) electrons. The summed E-state index contributed by atoms with van der Waals surface area (Å²) in [6, 6.07) is 15.1. The maximum absolute atomic E-state index is 12.5. The van der Waals surface area contributed by atoms with E-state index in [1.54, 1.807) is 18.2 Å². The van der Waals surface area contributed by atoms with Crippen LogP contribution in [0, 0.1) is 10.1 Å². The summed E-state index contributed by atoms with van der Waals surface area (Å²) >= 11 is 13.1. The molecule has 11 heteroatoms. The van der Waals surface area contributed by atoms with E-state index in [9.17, 15) is 14.9 Å². The Kier molecular flexibility index (Phi) is 8.07. The molecule has 0 aliphatic carbocycles. The molecule has 1 aliphatic rings. The summed E-state index contributed by atoms with van der Waals surface area (Å²) in [5.41, 5.74) is 1.72. The van der Waals surface area contributed by atoms with Crippen LogP contribution in [0.5, 0.6) is 11.5 Å². The summed E-state index contributed by atoms with van der Waals surface area (Å²) in [5, 5.41) is 11.0. The maximum Gasteiger partial charge on any atom is 0.363 e. The van der Waals surface area contributed by atoms with E-state index in [-0.39, 0.29) is 27.9 Å². The molecular formula is C25H17Br2ClN2O6. The van der Waals surface area contributed by atoms with Gasteiger partial charge in [-0.1, -0.05) is 39.7 Å². The van der Waals surface area contributed by atoms with E-state index in [0.29, 0.717) is 34.7 Å². The van der Waals surface area contributed by atoms with Crippen molar-refractivity contribution >= 4 is 67.1 Å². The van der Waals surface area contributed by atoms with Crippen molar-refractivity contribution < 1.29 is 23.9 Å². The second kappa shape index (κ2) is 11.2. The zero-order valence-electron chi connectivity index (χ0n) is 18.7. The largest absolute Gasteiger partial charge is 0.490 e. The van der Waals surface area contributed by atoms with Crippen molar-refractivity contribution in [3.63, 3.8) is 0 Å². The molecule has 3 aromatic carbocycles. The van der Waals surface area contributed by atoms with Gasteiger partial charge in [0.2, 0.25) is 5.90 Å². The van der Waals surface area contributed by atoms with E-state index >= 15 is 0 Å². The summed E-state index contributed by atoms with van der Waals surface area (Å²) in [6.07, 6.45) is 1.54. The molecule has 8 nitrogen and oxygen atoms in total. The molecule has 0 bridgehead atoms. The molecule has 0 saturated carbocycles. The fourth-order valence-electron chi connectivity index (χ4n) is 3.33. The molecule has 0 amide bonds. The Morgan fingerprint density at radius 2 is 1.94 bits per heavy atom. The number of carbonyl (C=O) groups is 1. The van der Waals surface area contributed by atoms with Crippen LogP contribution >= 0.6 is 43.5 Å². The van der Waals surface area contributed by atoms with Crippen LogP contribution in [0.1, 0.15) is 23.6 Å². The molecule has 36 heavy (non-hydrogen) atoms. The van der Waals surface area contributed by atoms with Crippen molar-refractivity contribution in [2.24, 2.45) is 4.99 Å². The summed E-state index contributed by atoms with van der Waals surface area (Å²) in [4.78, 5) is 27.1. The highest BCUT2D eigenvalue weighted by Crippen LogP contribution is 2.38. The molecular weight excluding hydrogens is 620 g/mol. The number of benzene rings is 3. The maximum atomic E-state index is 12.5. The number of ether oxygens (including phenoxy) is 3. The van der Waals surface area contributed by atoms with Crippen LogP contribution in [-0.2, 0) is 16.1 Å². The van der Waals surface area contributed by atoms with Gasteiger partial charge in [-0.05, 0) is 70.4 Å². The summed E-state index contributed by atoms with van der Waals surface area (Å²) in [7, 11) is 0. The molecule has 1 heterocycles. The Bertz CT molecular complexity index is 1420. The predicted molar refractivity (Wildman–Crippen MR) is 142 cm³/mol. The first-order valence-corrected chi connectivity index (χ1v) is 12.5. The number of non-ortho nitro benzene ring substituents is 1. The molecule has 0 aromatic heterocycles. The zero-order valence-corrected chi connectivity index (χ0v) is 22.6. The minimum atomic E-state index is -0.677. The lowest BCUT2D eigenvalue weighted by Gasteiger charge is -2.15. The Balaban J connectivity index is 1.62. The van der Waals surface area contributed by atoms with Gasteiger partial charge in [0.1, 0.15) is 6.61 Å². The summed E-state index contributed by atoms with van der Waals surface area (Å²) in [5.74, 6) is 0.297. The number of nitrogens with zero attached hydrogens (tertiary/aromatic N) is 2. The third kappa shape index (κ3) is 5.95. The number of hydrogen-bond donors (Lipinski definition) is 0. The number of esters is 1. The highest BCUT2D eigenvalue weighted by molar-refractivity contribution is 9.10. The first kappa shape index (κ1) is 25.9. The van der Waals surface area contributed by atoms with Gasteiger partial charge in [-0.25, -0.2) is 9.79 Å². The average Bonchev–Trinajstić information content (AvgIpc) is 3.18. The first-order chi connectivity index (χ1) is 17.2. The van der Waals surface area contributed by atoms with Crippen molar-refractivity contribution in [2.45, 2.75) is 13.5 Å². The van der Waals surface area contributed by atoms with E-state index in [1.807, 2.05) is 31.2 Å². The normalized spacial score (nSPS) is 13.9. The van der Waals surface area contributed by atoms with Crippen molar-refractivity contribution in [3.8, 4) is 11.5 Å². The van der Waals surface area contributed by atoms with Crippen molar-refractivity contribution in [1.29, 1.82) is 0 Å². The van der Waals surface area contributed by atoms with Crippen LogP contribution in [0.4, 0.5) is 5.69 Å². The topological polar surface area (TPSA) is 100 Å². The molecule has 0 spiro atoms. The van der Waals surface area contributed by atoms with Crippen LogP contribution in [0.2, 0.25) is 5.02 Å². The summed E-state index contributed by atoms with van der Waals surface area (Å²) in [6.45, 7) is 2.59. The van der Waals surface area contributed by atoms with Crippen LogP contribution in [0.3, 0.4) is 0 Å². The number of nitro groups is 1. The zero-order chi connectivity index (χ0) is 25.8. The van der Waals surface area contributed by atoms with Crippen LogP contribution in [0.15, 0.2) is 74.2 Å². The van der Waals surface area contributed by atoms with Gasteiger partial charge in [-0.15, -0.1) is 0 Å². The smallest absolute Gasteiger partial charge is 0.363 e. The third-order valence-corrected chi connectivity index (χ3v) is 6.32. The fraction of sp³-hybridized carbons (Fsp3) is 0.120. The lowest BCUT2D eigenvalue weighted by atomic mass is 10.1. The molecule has 3 aromatic rings. The van der Waals surface area contributed by atoms with E-state index < -0.39 is 10.9 Å². The summed E-state index contributed by atoms with van der Waals surface area (Å²) < 4.78 is 18.6. The molecule has 184 valence electrons. The van der Waals surface area contributed by atoms with Gasteiger partial charge in [-0.3, -0.25) is 10.1 Å². The Morgan fingerprint density at radius 3 is 2.64 bits per heavy atom. The molecule has 0 unspecified atom stereocenters. The molecule has 1 aliphatic heterocycles. The molecule has 0 saturated heterocycles. The van der Waals surface area contributed by atoms with Crippen molar-refractivity contribution in [3.05, 3.63) is 101 Å². The number of aliphatic imine (C=N–C) groups is 1. The van der Waals surface area contributed by atoms with Crippen molar-refractivity contribution in [2.75, 3.05) is 6.61 Å². The third-order valence-electron chi connectivity index (χ3n) is 4.92.